The third kappa shape index (κ3) is 2.97. The first-order valence-corrected chi connectivity index (χ1v) is 7.63. The van der Waals surface area contributed by atoms with E-state index in [-0.39, 0.29) is 5.91 Å². The number of anilines is 1. The average Bonchev–Trinajstić information content (AvgIpc) is 2.67. The number of nitrogens with zero attached hydrogens (tertiary/aromatic N) is 3. The molecule has 112 valence electrons. The monoisotopic (exact) mass is 278 g/mol. The molecule has 2 rings (SSSR count). The standard InChI is InChI=1S/C15H26N4O/c1-4-7-13-8-5-6-9-18(13)14(20)10-19-12(3)15(16)11(2)17-19/h13H,4-10,16H2,1-3H3. The van der Waals surface area contributed by atoms with Gasteiger partial charge in [0, 0.05) is 12.6 Å². The third-order valence-corrected chi connectivity index (χ3v) is 4.29. The van der Waals surface area contributed by atoms with Crippen LogP contribution in [0, 0.1) is 13.8 Å². The number of rotatable bonds is 4. The molecule has 1 aromatic rings. The Morgan fingerprint density at radius 3 is 2.75 bits per heavy atom. The Hall–Kier alpha value is -1.52. The number of aryl methyl sites for hydroxylation is 1. The summed E-state index contributed by atoms with van der Waals surface area (Å²) in [7, 11) is 0. The second kappa shape index (κ2) is 6.29. The molecule has 1 atom stereocenters. The number of carbonyl (C=O) groups is 1. The van der Waals surface area contributed by atoms with Gasteiger partial charge in [-0.3, -0.25) is 9.48 Å². The molecule has 1 aliphatic heterocycles. The summed E-state index contributed by atoms with van der Waals surface area (Å²) < 4.78 is 1.74. The fourth-order valence-electron chi connectivity index (χ4n) is 3.05. The molecule has 20 heavy (non-hydrogen) atoms. The lowest BCUT2D eigenvalue weighted by molar-refractivity contribution is -0.135. The molecule has 1 aliphatic rings. The Bertz CT molecular complexity index is 478. The molecular weight excluding hydrogens is 252 g/mol. The zero-order chi connectivity index (χ0) is 14.7. The van der Waals surface area contributed by atoms with E-state index in [2.05, 4.69) is 16.9 Å². The van der Waals surface area contributed by atoms with E-state index >= 15 is 0 Å². The number of likely N-dealkylation sites (tertiary alicyclic amines) is 1. The quantitative estimate of drug-likeness (QED) is 0.919. The van der Waals surface area contributed by atoms with E-state index in [0.29, 0.717) is 18.3 Å². The van der Waals surface area contributed by atoms with E-state index in [1.165, 1.54) is 6.42 Å². The van der Waals surface area contributed by atoms with Crippen molar-refractivity contribution in [3.05, 3.63) is 11.4 Å². The highest BCUT2D eigenvalue weighted by atomic mass is 16.2. The van der Waals surface area contributed by atoms with Gasteiger partial charge in [0.2, 0.25) is 5.91 Å². The summed E-state index contributed by atoms with van der Waals surface area (Å²) in [5.41, 5.74) is 8.31. The number of amides is 1. The maximum atomic E-state index is 12.5. The van der Waals surface area contributed by atoms with E-state index in [1.807, 2.05) is 13.8 Å². The first kappa shape index (κ1) is 14.9. The summed E-state index contributed by atoms with van der Waals surface area (Å²) in [5.74, 6) is 0.175. The van der Waals surface area contributed by atoms with Crippen LogP contribution < -0.4 is 5.73 Å². The minimum absolute atomic E-state index is 0.175. The number of nitrogen functional groups attached to an aromatic ring is 1. The summed E-state index contributed by atoms with van der Waals surface area (Å²) >= 11 is 0. The van der Waals surface area contributed by atoms with Crippen molar-refractivity contribution < 1.29 is 4.79 Å². The van der Waals surface area contributed by atoms with Crippen molar-refractivity contribution in [1.29, 1.82) is 0 Å². The average molecular weight is 278 g/mol. The van der Waals surface area contributed by atoms with Gasteiger partial charge in [-0.25, -0.2) is 0 Å². The fourth-order valence-corrected chi connectivity index (χ4v) is 3.05. The van der Waals surface area contributed by atoms with E-state index in [0.717, 1.165) is 43.6 Å². The molecule has 0 aromatic carbocycles. The molecule has 0 radical (unpaired) electrons. The van der Waals surface area contributed by atoms with Gasteiger partial charge in [0.05, 0.1) is 17.1 Å². The van der Waals surface area contributed by atoms with Crippen LogP contribution in [0.2, 0.25) is 0 Å². The fraction of sp³-hybridized carbons (Fsp3) is 0.733. The first-order valence-electron chi connectivity index (χ1n) is 7.63. The number of hydrogen-bond acceptors (Lipinski definition) is 3. The van der Waals surface area contributed by atoms with Gasteiger partial charge in [0.25, 0.3) is 0 Å². The van der Waals surface area contributed by atoms with Crippen molar-refractivity contribution in [3.8, 4) is 0 Å². The number of nitrogens with two attached hydrogens (primary N) is 1. The molecule has 1 saturated heterocycles. The van der Waals surface area contributed by atoms with Gasteiger partial charge in [0.1, 0.15) is 6.54 Å². The normalized spacial score (nSPS) is 19.4. The Morgan fingerprint density at radius 2 is 2.15 bits per heavy atom. The van der Waals surface area contributed by atoms with Gasteiger partial charge in [-0.05, 0) is 39.5 Å². The van der Waals surface area contributed by atoms with Crippen molar-refractivity contribution in [1.82, 2.24) is 14.7 Å². The highest BCUT2D eigenvalue weighted by Gasteiger charge is 2.26. The van der Waals surface area contributed by atoms with Crippen LogP contribution in [-0.4, -0.2) is 33.2 Å². The molecular formula is C15H26N4O. The minimum atomic E-state index is 0.175. The van der Waals surface area contributed by atoms with Crippen LogP contribution in [-0.2, 0) is 11.3 Å². The van der Waals surface area contributed by atoms with E-state index < -0.39 is 0 Å². The Kier molecular flexibility index (Phi) is 4.68. The maximum Gasteiger partial charge on any atom is 0.244 e. The van der Waals surface area contributed by atoms with Crippen LogP contribution >= 0.6 is 0 Å². The predicted octanol–water partition coefficient (Wildman–Crippen LogP) is 2.26. The highest BCUT2D eigenvalue weighted by Crippen LogP contribution is 2.22. The van der Waals surface area contributed by atoms with Gasteiger partial charge in [-0.1, -0.05) is 13.3 Å². The molecule has 0 bridgehead atoms. The van der Waals surface area contributed by atoms with Crippen molar-refractivity contribution >= 4 is 11.6 Å². The van der Waals surface area contributed by atoms with Gasteiger partial charge >= 0.3 is 0 Å². The predicted molar refractivity (Wildman–Crippen MR) is 80.4 cm³/mol. The lowest BCUT2D eigenvalue weighted by Crippen LogP contribution is -2.45. The van der Waals surface area contributed by atoms with Crippen LogP contribution in [0.1, 0.15) is 50.4 Å². The molecule has 5 heteroatoms. The zero-order valence-electron chi connectivity index (χ0n) is 12.9. The van der Waals surface area contributed by atoms with Crippen molar-refractivity contribution in [2.75, 3.05) is 12.3 Å². The minimum Gasteiger partial charge on any atom is -0.396 e. The van der Waals surface area contributed by atoms with Crippen LogP contribution in [0.25, 0.3) is 0 Å². The second-order valence-electron chi connectivity index (χ2n) is 5.77. The molecule has 0 spiro atoms. The first-order chi connectivity index (χ1) is 9.54. The number of carbonyl (C=O) groups excluding carboxylic acids is 1. The summed E-state index contributed by atoms with van der Waals surface area (Å²) in [4.78, 5) is 14.6. The molecule has 2 heterocycles. The van der Waals surface area contributed by atoms with Crippen molar-refractivity contribution in [3.63, 3.8) is 0 Å². The largest absolute Gasteiger partial charge is 0.396 e. The molecule has 0 saturated carbocycles. The smallest absolute Gasteiger partial charge is 0.244 e. The number of piperidine rings is 1. The van der Waals surface area contributed by atoms with E-state index in [1.54, 1.807) is 4.68 Å². The zero-order valence-corrected chi connectivity index (χ0v) is 12.9. The third-order valence-electron chi connectivity index (χ3n) is 4.29. The summed E-state index contributed by atoms with van der Waals surface area (Å²) in [6, 6.07) is 0.413. The van der Waals surface area contributed by atoms with Gasteiger partial charge in [0.15, 0.2) is 0 Å². The van der Waals surface area contributed by atoms with E-state index in [9.17, 15) is 4.79 Å². The molecule has 5 nitrogen and oxygen atoms in total. The van der Waals surface area contributed by atoms with Gasteiger partial charge in [-0.2, -0.15) is 5.10 Å². The van der Waals surface area contributed by atoms with Gasteiger partial charge < -0.3 is 10.6 Å². The molecule has 1 fully saturated rings. The Balaban J connectivity index is 2.07. The summed E-state index contributed by atoms with van der Waals surface area (Å²) in [6.07, 6.45) is 5.72. The molecule has 1 aromatic heterocycles. The van der Waals surface area contributed by atoms with Crippen LogP contribution in [0.15, 0.2) is 0 Å². The lowest BCUT2D eigenvalue weighted by Gasteiger charge is -2.35. The maximum absolute atomic E-state index is 12.5. The number of aromatic nitrogens is 2. The molecule has 2 N–H and O–H groups in total. The highest BCUT2D eigenvalue weighted by molar-refractivity contribution is 5.76. The van der Waals surface area contributed by atoms with E-state index in [4.69, 9.17) is 5.73 Å². The lowest BCUT2D eigenvalue weighted by atomic mass is 9.98. The van der Waals surface area contributed by atoms with Crippen LogP contribution in [0.4, 0.5) is 5.69 Å². The topological polar surface area (TPSA) is 64.2 Å². The Morgan fingerprint density at radius 1 is 1.40 bits per heavy atom. The van der Waals surface area contributed by atoms with Crippen LogP contribution in [0.5, 0.6) is 0 Å². The Labute approximate surface area is 121 Å². The SMILES string of the molecule is CCCC1CCCCN1C(=O)Cn1nc(C)c(N)c1C. The number of hydrogen-bond donors (Lipinski definition) is 1. The second-order valence-corrected chi connectivity index (χ2v) is 5.77. The molecule has 0 aliphatic carbocycles. The van der Waals surface area contributed by atoms with Gasteiger partial charge in [-0.15, -0.1) is 0 Å². The molecule has 1 unspecified atom stereocenters. The van der Waals surface area contributed by atoms with Crippen LogP contribution in [0.3, 0.4) is 0 Å². The van der Waals surface area contributed by atoms with Crippen molar-refractivity contribution in [2.24, 2.45) is 0 Å². The van der Waals surface area contributed by atoms with Crippen molar-refractivity contribution in [2.45, 2.75) is 65.5 Å². The molecule has 1 amide bonds. The summed E-state index contributed by atoms with van der Waals surface area (Å²) in [5, 5.41) is 4.36. The summed E-state index contributed by atoms with van der Waals surface area (Å²) in [6.45, 7) is 7.17.